The van der Waals surface area contributed by atoms with Crippen molar-refractivity contribution in [1.29, 1.82) is 0 Å². The molecule has 1 N–H and O–H groups in total. The van der Waals surface area contributed by atoms with Crippen molar-refractivity contribution in [3.05, 3.63) is 58.1 Å². The Morgan fingerprint density at radius 2 is 1.90 bits per heavy atom. The van der Waals surface area contributed by atoms with E-state index in [4.69, 9.17) is 4.74 Å². The maximum atomic E-state index is 12.6. The lowest BCUT2D eigenvalue weighted by atomic mass is 10.1. The quantitative estimate of drug-likeness (QED) is 0.502. The second-order valence-electron chi connectivity index (χ2n) is 6.24. The predicted molar refractivity (Wildman–Crippen MR) is 102 cm³/mol. The molecule has 0 fully saturated rings. The SMILES string of the molecule is COc1cc([N+](=O)[O-])ccc1NC(=O)[C@H](C)N(C)Cc1ccc(OC(F)F)cc1. The van der Waals surface area contributed by atoms with Gasteiger partial charge < -0.3 is 14.8 Å². The first-order valence-corrected chi connectivity index (χ1v) is 8.58. The summed E-state index contributed by atoms with van der Waals surface area (Å²) in [5.41, 5.74) is 0.975. The lowest BCUT2D eigenvalue weighted by molar-refractivity contribution is -0.384. The fourth-order valence-corrected chi connectivity index (χ4v) is 2.54. The second kappa shape index (κ2) is 9.78. The van der Waals surface area contributed by atoms with Gasteiger partial charge in [-0.25, -0.2) is 0 Å². The van der Waals surface area contributed by atoms with Gasteiger partial charge in [0.15, 0.2) is 0 Å². The van der Waals surface area contributed by atoms with Crippen LogP contribution in [0.3, 0.4) is 0 Å². The summed E-state index contributed by atoms with van der Waals surface area (Å²) < 4.78 is 33.8. The summed E-state index contributed by atoms with van der Waals surface area (Å²) in [5.74, 6) is -0.100. The standard InChI is InChI=1S/C19H21F2N3O5/c1-12(23(2)11-13-4-7-15(8-5-13)29-19(20)21)18(25)22-16-9-6-14(24(26)27)10-17(16)28-3/h4-10,12,19H,11H2,1-3H3,(H,22,25)/t12-/m0/s1. The van der Waals surface area contributed by atoms with Crippen molar-refractivity contribution in [3.63, 3.8) is 0 Å². The number of amides is 1. The summed E-state index contributed by atoms with van der Waals surface area (Å²) in [6.07, 6.45) is 0. The van der Waals surface area contributed by atoms with Crippen molar-refractivity contribution in [3.8, 4) is 11.5 Å². The highest BCUT2D eigenvalue weighted by atomic mass is 19.3. The Balaban J connectivity index is 2.01. The number of nitrogens with zero attached hydrogens (tertiary/aromatic N) is 2. The van der Waals surface area contributed by atoms with E-state index in [1.807, 2.05) is 0 Å². The molecule has 0 aliphatic heterocycles. The average molecular weight is 409 g/mol. The lowest BCUT2D eigenvalue weighted by Crippen LogP contribution is -2.39. The number of carbonyl (C=O) groups is 1. The molecular weight excluding hydrogens is 388 g/mol. The number of carbonyl (C=O) groups excluding carboxylic acids is 1. The maximum Gasteiger partial charge on any atom is 0.387 e. The molecule has 0 saturated heterocycles. The number of nitro benzene ring substituents is 1. The van der Waals surface area contributed by atoms with Crippen LogP contribution >= 0.6 is 0 Å². The summed E-state index contributed by atoms with van der Waals surface area (Å²) in [5, 5.41) is 13.6. The van der Waals surface area contributed by atoms with Gasteiger partial charge >= 0.3 is 6.61 Å². The van der Waals surface area contributed by atoms with Crippen molar-refractivity contribution in [2.24, 2.45) is 0 Å². The third-order valence-electron chi connectivity index (χ3n) is 4.27. The number of benzene rings is 2. The molecule has 2 aromatic rings. The van der Waals surface area contributed by atoms with Crippen molar-refractivity contribution in [2.45, 2.75) is 26.1 Å². The zero-order chi connectivity index (χ0) is 21.6. The van der Waals surface area contributed by atoms with Crippen LogP contribution in [0.1, 0.15) is 12.5 Å². The molecule has 2 rings (SSSR count). The number of hydrogen-bond acceptors (Lipinski definition) is 6. The number of likely N-dealkylation sites (N-methyl/N-ethyl adjacent to an activating group) is 1. The molecular formula is C19H21F2N3O5. The molecule has 0 heterocycles. The number of ether oxygens (including phenoxy) is 2. The van der Waals surface area contributed by atoms with E-state index in [1.165, 1.54) is 37.4 Å². The highest BCUT2D eigenvalue weighted by molar-refractivity contribution is 5.96. The molecule has 156 valence electrons. The Labute approximate surface area is 166 Å². The van der Waals surface area contributed by atoms with Crippen LogP contribution in [0.5, 0.6) is 11.5 Å². The Hall–Kier alpha value is -3.27. The number of nitro groups is 1. The van der Waals surface area contributed by atoms with E-state index in [0.29, 0.717) is 12.2 Å². The minimum absolute atomic E-state index is 0.0578. The highest BCUT2D eigenvalue weighted by Crippen LogP contribution is 2.29. The van der Waals surface area contributed by atoms with E-state index in [0.717, 1.165) is 5.56 Å². The van der Waals surface area contributed by atoms with E-state index < -0.39 is 17.6 Å². The second-order valence-corrected chi connectivity index (χ2v) is 6.24. The number of halogens is 2. The summed E-state index contributed by atoms with van der Waals surface area (Å²) in [4.78, 5) is 24.6. The summed E-state index contributed by atoms with van der Waals surface area (Å²) in [6.45, 7) is -0.800. The Kier molecular flexibility index (Phi) is 7.43. The van der Waals surface area contributed by atoms with Crippen molar-refractivity contribution >= 4 is 17.3 Å². The summed E-state index contributed by atoms with van der Waals surface area (Å²) >= 11 is 0. The number of hydrogen-bond donors (Lipinski definition) is 1. The average Bonchev–Trinajstić information content (AvgIpc) is 2.68. The molecule has 0 saturated carbocycles. The van der Waals surface area contributed by atoms with Gasteiger partial charge in [0, 0.05) is 12.6 Å². The molecule has 29 heavy (non-hydrogen) atoms. The highest BCUT2D eigenvalue weighted by Gasteiger charge is 2.21. The van der Waals surface area contributed by atoms with Gasteiger partial charge in [-0.15, -0.1) is 0 Å². The van der Waals surface area contributed by atoms with Crippen LogP contribution in [0, 0.1) is 10.1 Å². The van der Waals surface area contributed by atoms with E-state index in [-0.39, 0.29) is 23.1 Å². The van der Waals surface area contributed by atoms with Crippen molar-refractivity contribution in [2.75, 3.05) is 19.5 Å². The Bertz CT molecular complexity index is 861. The van der Waals surface area contributed by atoms with Gasteiger partial charge in [-0.3, -0.25) is 19.8 Å². The van der Waals surface area contributed by atoms with E-state index in [9.17, 15) is 23.7 Å². The van der Waals surface area contributed by atoms with Gasteiger partial charge in [-0.2, -0.15) is 8.78 Å². The van der Waals surface area contributed by atoms with E-state index in [1.54, 1.807) is 31.0 Å². The van der Waals surface area contributed by atoms with Crippen molar-refractivity contribution in [1.82, 2.24) is 4.90 Å². The number of nitrogens with one attached hydrogen (secondary N) is 1. The first kappa shape index (κ1) is 22.0. The van der Waals surface area contributed by atoms with Crippen LogP contribution in [-0.4, -0.2) is 42.5 Å². The third kappa shape index (κ3) is 6.11. The van der Waals surface area contributed by atoms with Gasteiger partial charge in [0.05, 0.1) is 29.8 Å². The molecule has 0 spiro atoms. The minimum Gasteiger partial charge on any atom is -0.494 e. The summed E-state index contributed by atoms with van der Waals surface area (Å²) in [6, 6.07) is 9.50. The van der Waals surface area contributed by atoms with E-state index in [2.05, 4.69) is 10.1 Å². The van der Waals surface area contributed by atoms with Crippen LogP contribution in [-0.2, 0) is 11.3 Å². The van der Waals surface area contributed by atoms with Gasteiger partial charge in [0.2, 0.25) is 5.91 Å². The molecule has 10 heteroatoms. The number of methoxy groups -OCH3 is 1. The van der Waals surface area contributed by atoms with Gasteiger partial charge in [0.25, 0.3) is 5.69 Å². The molecule has 0 bridgehead atoms. The van der Waals surface area contributed by atoms with Crippen LogP contribution in [0.25, 0.3) is 0 Å². The monoisotopic (exact) mass is 409 g/mol. The Morgan fingerprint density at radius 3 is 2.45 bits per heavy atom. The number of non-ortho nitro benzene ring substituents is 1. The maximum absolute atomic E-state index is 12.6. The lowest BCUT2D eigenvalue weighted by Gasteiger charge is -2.24. The molecule has 0 aliphatic rings. The number of anilines is 1. The summed E-state index contributed by atoms with van der Waals surface area (Å²) in [7, 11) is 3.09. The zero-order valence-corrected chi connectivity index (χ0v) is 16.1. The molecule has 1 atom stereocenters. The fourth-order valence-electron chi connectivity index (χ4n) is 2.54. The molecule has 0 aliphatic carbocycles. The zero-order valence-electron chi connectivity index (χ0n) is 16.1. The normalized spacial score (nSPS) is 12.0. The van der Waals surface area contributed by atoms with E-state index >= 15 is 0 Å². The topological polar surface area (TPSA) is 93.9 Å². The molecule has 0 aromatic heterocycles. The Morgan fingerprint density at radius 1 is 1.24 bits per heavy atom. The van der Waals surface area contributed by atoms with Crippen LogP contribution in [0.15, 0.2) is 42.5 Å². The van der Waals surface area contributed by atoms with Crippen molar-refractivity contribution < 1.29 is 28.0 Å². The number of alkyl halides is 2. The molecule has 1 amide bonds. The van der Waals surface area contributed by atoms with Crippen LogP contribution < -0.4 is 14.8 Å². The van der Waals surface area contributed by atoms with Crippen LogP contribution in [0.2, 0.25) is 0 Å². The third-order valence-corrected chi connectivity index (χ3v) is 4.27. The molecule has 0 radical (unpaired) electrons. The largest absolute Gasteiger partial charge is 0.494 e. The molecule has 0 unspecified atom stereocenters. The van der Waals surface area contributed by atoms with Crippen LogP contribution in [0.4, 0.5) is 20.2 Å². The molecule has 2 aromatic carbocycles. The minimum atomic E-state index is -2.89. The first-order chi connectivity index (χ1) is 13.7. The predicted octanol–water partition coefficient (Wildman–Crippen LogP) is 3.66. The van der Waals surface area contributed by atoms with Gasteiger partial charge in [-0.05, 0) is 37.7 Å². The smallest absolute Gasteiger partial charge is 0.387 e. The first-order valence-electron chi connectivity index (χ1n) is 8.58. The molecule has 8 nitrogen and oxygen atoms in total. The number of rotatable bonds is 9. The van der Waals surface area contributed by atoms with Gasteiger partial charge in [0.1, 0.15) is 11.5 Å². The fraction of sp³-hybridized carbons (Fsp3) is 0.316. The van der Waals surface area contributed by atoms with Gasteiger partial charge in [-0.1, -0.05) is 12.1 Å².